The number of aromatic nitrogens is 3. The van der Waals surface area contributed by atoms with Crippen LogP contribution in [0.3, 0.4) is 0 Å². The Morgan fingerprint density at radius 2 is 1.78 bits per heavy atom. The maximum atomic E-state index is 5.71. The molecular formula is C13H18N4O. The summed E-state index contributed by atoms with van der Waals surface area (Å²) in [6, 6.07) is 0. The van der Waals surface area contributed by atoms with Gasteiger partial charge in [-0.15, -0.1) is 0 Å². The summed E-state index contributed by atoms with van der Waals surface area (Å²) in [4.78, 5) is 13.2. The normalized spacial score (nSPS) is 12.7. The highest BCUT2D eigenvalue weighted by molar-refractivity contribution is 5.49. The summed E-state index contributed by atoms with van der Waals surface area (Å²) < 4.78 is 5.19. The van der Waals surface area contributed by atoms with E-state index in [-0.39, 0.29) is 5.92 Å². The number of hydrogen-bond donors (Lipinski definition) is 1. The Morgan fingerprint density at radius 3 is 2.22 bits per heavy atom. The smallest absolute Gasteiger partial charge is 0.191 e. The lowest BCUT2D eigenvalue weighted by molar-refractivity contribution is 0.521. The summed E-state index contributed by atoms with van der Waals surface area (Å²) in [5.74, 6) is 1.48. The quantitative estimate of drug-likeness (QED) is 0.897. The van der Waals surface area contributed by atoms with E-state index >= 15 is 0 Å². The van der Waals surface area contributed by atoms with Gasteiger partial charge >= 0.3 is 0 Å². The van der Waals surface area contributed by atoms with E-state index in [2.05, 4.69) is 21.9 Å². The molecule has 5 heteroatoms. The maximum Gasteiger partial charge on any atom is 0.191 e. The summed E-state index contributed by atoms with van der Waals surface area (Å²) in [5, 5.41) is 0. The molecule has 1 unspecified atom stereocenters. The first-order chi connectivity index (χ1) is 8.52. The Morgan fingerprint density at radius 1 is 1.17 bits per heavy atom. The molecule has 1 atom stereocenters. The third-order valence-corrected chi connectivity index (χ3v) is 3.02. The number of oxazole rings is 1. The Bertz CT molecular complexity index is 539. The molecule has 0 aliphatic rings. The van der Waals surface area contributed by atoms with E-state index in [1.807, 2.05) is 13.8 Å². The molecule has 0 radical (unpaired) electrons. The van der Waals surface area contributed by atoms with Gasteiger partial charge in [-0.1, -0.05) is 6.92 Å². The van der Waals surface area contributed by atoms with E-state index in [9.17, 15) is 0 Å². The number of rotatable bonds is 3. The molecule has 0 aliphatic heterocycles. The average molecular weight is 246 g/mol. The van der Waals surface area contributed by atoms with Gasteiger partial charge in [-0.2, -0.15) is 0 Å². The van der Waals surface area contributed by atoms with Crippen LogP contribution in [0, 0.1) is 20.8 Å². The summed E-state index contributed by atoms with van der Waals surface area (Å²) in [6.07, 6.45) is 1.58. The summed E-state index contributed by atoms with van der Waals surface area (Å²) in [7, 11) is 0. The van der Waals surface area contributed by atoms with Crippen molar-refractivity contribution in [2.75, 3.05) is 6.54 Å². The van der Waals surface area contributed by atoms with Gasteiger partial charge in [0.15, 0.2) is 11.7 Å². The molecule has 2 aromatic rings. The van der Waals surface area contributed by atoms with Crippen molar-refractivity contribution in [3.8, 4) is 11.5 Å². The number of nitrogens with zero attached hydrogens (tertiary/aromatic N) is 3. The average Bonchev–Trinajstić information content (AvgIpc) is 2.74. The molecule has 0 fully saturated rings. The van der Waals surface area contributed by atoms with Crippen LogP contribution in [0.4, 0.5) is 0 Å². The minimum Gasteiger partial charge on any atom is -0.449 e. The molecule has 0 aromatic carbocycles. The monoisotopic (exact) mass is 246 g/mol. The van der Waals surface area contributed by atoms with Crippen molar-refractivity contribution in [1.29, 1.82) is 0 Å². The standard InChI is InChI=1S/C13H18N4O/c1-7(5-14)12-8(2)15-13(16-9(12)3)11-6-18-10(4)17-11/h6-7H,5,14H2,1-4H3. The van der Waals surface area contributed by atoms with Crippen molar-refractivity contribution < 1.29 is 4.42 Å². The zero-order valence-electron chi connectivity index (χ0n) is 11.2. The van der Waals surface area contributed by atoms with Crippen LogP contribution in [0.2, 0.25) is 0 Å². The molecule has 2 rings (SSSR count). The molecule has 5 nitrogen and oxygen atoms in total. The number of hydrogen-bond acceptors (Lipinski definition) is 5. The van der Waals surface area contributed by atoms with Gasteiger partial charge in [0.05, 0.1) is 0 Å². The topological polar surface area (TPSA) is 77.8 Å². The molecule has 0 bridgehead atoms. The Kier molecular flexibility index (Phi) is 3.43. The number of nitrogens with two attached hydrogens (primary N) is 1. The fraction of sp³-hybridized carbons (Fsp3) is 0.462. The second-order valence-electron chi connectivity index (χ2n) is 4.52. The lowest BCUT2D eigenvalue weighted by Gasteiger charge is -2.14. The fourth-order valence-corrected chi connectivity index (χ4v) is 2.14. The summed E-state index contributed by atoms with van der Waals surface area (Å²) in [6.45, 7) is 8.43. The van der Waals surface area contributed by atoms with Crippen molar-refractivity contribution in [1.82, 2.24) is 15.0 Å². The molecule has 0 spiro atoms. The zero-order valence-corrected chi connectivity index (χ0v) is 11.2. The van der Waals surface area contributed by atoms with Crippen LogP contribution < -0.4 is 5.73 Å². The van der Waals surface area contributed by atoms with Crippen molar-refractivity contribution in [3.05, 3.63) is 29.1 Å². The van der Waals surface area contributed by atoms with E-state index in [0.29, 0.717) is 24.0 Å². The fourth-order valence-electron chi connectivity index (χ4n) is 2.14. The SMILES string of the molecule is Cc1nc(-c2nc(C)c(C(C)CN)c(C)n2)co1. The highest BCUT2D eigenvalue weighted by Crippen LogP contribution is 2.23. The van der Waals surface area contributed by atoms with Crippen LogP contribution in [-0.4, -0.2) is 21.5 Å². The Hall–Kier alpha value is -1.75. The minimum absolute atomic E-state index is 0.262. The Labute approximate surface area is 106 Å². The summed E-state index contributed by atoms with van der Waals surface area (Å²) >= 11 is 0. The van der Waals surface area contributed by atoms with Gasteiger partial charge in [0.2, 0.25) is 0 Å². The van der Waals surface area contributed by atoms with Gasteiger partial charge in [-0.05, 0) is 31.9 Å². The molecule has 0 amide bonds. The first kappa shape index (κ1) is 12.7. The van der Waals surface area contributed by atoms with Crippen LogP contribution >= 0.6 is 0 Å². The predicted octanol–water partition coefficient (Wildman–Crippen LogP) is 2.12. The largest absolute Gasteiger partial charge is 0.449 e. The zero-order chi connectivity index (χ0) is 13.3. The minimum atomic E-state index is 0.262. The molecule has 2 N–H and O–H groups in total. The molecule has 2 heterocycles. The van der Waals surface area contributed by atoms with E-state index in [0.717, 1.165) is 17.0 Å². The first-order valence-corrected chi connectivity index (χ1v) is 6.00. The van der Waals surface area contributed by atoms with Gasteiger partial charge in [-0.3, -0.25) is 0 Å². The molecular weight excluding hydrogens is 228 g/mol. The van der Waals surface area contributed by atoms with E-state index in [1.54, 1.807) is 13.2 Å². The van der Waals surface area contributed by atoms with Crippen molar-refractivity contribution >= 4 is 0 Å². The van der Waals surface area contributed by atoms with E-state index < -0.39 is 0 Å². The first-order valence-electron chi connectivity index (χ1n) is 6.00. The van der Waals surface area contributed by atoms with Crippen LogP contribution in [0.15, 0.2) is 10.7 Å². The third kappa shape index (κ3) is 2.26. The van der Waals surface area contributed by atoms with Crippen LogP contribution in [0.25, 0.3) is 11.5 Å². The van der Waals surface area contributed by atoms with Gasteiger partial charge in [0.25, 0.3) is 0 Å². The Balaban J connectivity index is 2.48. The molecule has 0 saturated heterocycles. The van der Waals surface area contributed by atoms with E-state index in [4.69, 9.17) is 10.2 Å². The van der Waals surface area contributed by atoms with Crippen LogP contribution in [0.5, 0.6) is 0 Å². The van der Waals surface area contributed by atoms with Crippen molar-refractivity contribution in [2.24, 2.45) is 5.73 Å². The van der Waals surface area contributed by atoms with Crippen LogP contribution in [-0.2, 0) is 0 Å². The number of aryl methyl sites for hydroxylation is 3. The second kappa shape index (κ2) is 4.86. The van der Waals surface area contributed by atoms with Gasteiger partial charge < -0.3 is 10.2 Å². The molecule has 0 saturated carbocycles. The highest BCUT2D eigenvalue weighted by atomic mass is 16.3. The maximum absolute atomic E-state index is 5.71. The van der Waals surface area contributed by atoms with Gasteiger partial charge in [0, 0.05) is 18.3 Å². The molecule has 2 aromatic heterocycles. The predicted molar refractivity (Wildman–Crippen MR) is 69.2 cm³/mol. The third-order valence-electron chi connectivity index (χ3n) is 3.02. The van der Waals surface area contributed by atoms with Crippen molar-refractivity contribution in [2.45, 2.75) is 33.6 Å². The van der Waals surface area contributed by atoms with Crippen molar-refractivity contribution in [3.63, 3.8) is 0 Å². The molecule has 96 valence electrons. The lowest BCUT2D eigenvalue weighted by atomic mass is 9.98. The molecule has 18 heavy (non-hydrogen) atoms. The lowest BCUT2D eigenvalue weighted by Crippen LogP contribution is -2.14. The summed E-state index contributed by atoms with van der Waals surface area (Å²) in [5.41, 5.74) is 9.42. The van der Waals surface area contributed by atoms with Crippen LogP contribution in [0.1, 0.15) is 35.7 Å². The molecule has 0 aliphatic carbocycles. The van der Waals surface area contributed by atoms with E-state index in [1.165, 1.54) is 0 Å². The van der Waals surface area contributed by atoms with Gasteiger partial charge in [0.1, 0.15) is 12.0 Å². The second-order valence-corrected chi connectivity index (χ2v) is 4.52. The van der Waals surface area contributed by atoms with Gasteiger partial charge in [-0.25, -0.2) is 15.0 Å². The highest BCUT2D eigenvalue weighted by Gasteiger charge is 2.16.